The van der Waals surface area contributed by atoms with Crippen LogP contribution < -0.4 is 10.5 Å². The Morgan fingerprint density at radius 2 is 1.90 bits per heavy atom. The number of nitrogen functional groups attached to an aromatic ring is 1. The third-order valence-corrected chi connectivity index (χ3v) is 4.09. The number of nitriles is 1. The normalized spacial score (nSPS) is 11.8. The van der Waals surface area contributed by atoms with Crippen molar-refractivity contribution in [1.82, 2.24) is 4.90 Å². The van der Waals surface area contributed by atoms with E-state index < -0.39 is 29.9 Å². The predicted molar refractivity (Wildman–Crippen MR) is 112 cm³/mol. The van der Waals surface area contributed by atoms with E-state index in [9.17, 15) is 24.8 Å². The lowest BCUT2D eigenvalue weighted by atomic mass is 10.1. The van der Waals surface area contributed by atoms with E-state index in [2.05, 4.69) is 0 Å². The fourth-order valence-electron chi connectivity index (χ4n) is 2.58. The van der Waals surface area contributed by atoms with Crippen molar-refractivity contribution in [2.45, 2.75) is 40.2 Å². The van der Waals surface area contributed by atoms with E-state index in [-0.39, 0.29) is 35.6 Å². The smallest absolute Gasteiger partial charge is 0.503 e. The molecule has 0 saturated heterocycles. The lowest BCUT2D eigenvalue weighted by Crippen LogP contribution is -2.31. The topological polar surface area (TPSA) is 152 Å². The van der Waals surface area contributed by atoms with Gasteiger partial charge in [0.05, 0.1) is 18.7 Å². The number of ether oxygens (including phenoxy) is 3. The number of esters is 1. The van der Waals surface area contributed by atoms with Gasteiger partial charge in [0.15, 0.2) is 11.5 Å². The van der Waals surface area contributed by atoms with E-state index in [1.807, 2.05) is 6.07 Å². The molecule has 1 rings (SSSR count). The molecule has 3 N–H and O–H groups in total. The van der Waals surface area contributed by atoms with Crippen LogP contribution in [0, 0.1) is 11.3 Å². The quantitative estimate of drug-likeness (QED) is 0.149. The zero-order chi connectivity index (χ0) is 23.6. The summed E-state index contributed by atoms with van der Waals surface area (Å²) in [6.45, 7) is 7.76. The zero-order valence-electron chi connectivity index (χ0n) is 18.0. The van der Waals surface area contributed by atoms with Crippen molar-refractivity contribution in [3.63, 3.8) is 0 Å². The van der Waals surface area contributed by atoms with Crippen molar-refractivity contribution in [1.29, 1.82) is 5.26 Å². The number of hydrogen-bond acceptors (Lipinski definition) is 9. The number of phenols is 1. The van der Waals surface area contributed by atoms with Crippen molar-refractivity contribution in [2.75, 3.05) is 25.4 Å². The Morgan fingerprint density at radius 1 is 1.26 bits per heavy atom. The maximum absolute atomic E-state index is 12.4. The van der Waals surface area contributed by atoms with Crippen LogP contribution >= 0.6 is 0 Å². The minimum atomic E-state index is -1.17. The van der Waals surface area contributed by atoms with E-state index in [4.69, 9.17) is 19.9 Å². The molecule has 0 aromatic heterocycles. The second-order valence-corrected chi connectivity index (χ2v) is 6.39. The Bertz CT molecular complexity index is 886. The molecule has 1 aromatic rings. The van der Waals surface area contributed by atoms with Crippen LogP contribution in [0.4, 0.5) is 10.5 Å². The minimum Gasteiger partial charge on any atom is -0.503 e. The molecule has 0 spiro atoms. The average Bonchev–Trinajstić information content (AvgIpc) is 2.70. The highest BCUT2D eigenvalue weighted by molar-refractivity contribution is 6.01. The number of carbonyl (C=O) groups excluding carboxylic acids is 3. The molecule has 0 bridgehead atoms. The highest BCUT2D eigenvalue weighted by Gasteiger charge is 2.20. The fraction of sp³-hybridized carbons (Fsp3) is 0.429. The van der Waals surface area contributed by atoms with Crippen molar-refractivity contribution < 1.29 is 33.7 Å². The second kappa shape index (κ2) is 12.1. The highest BCUT2D eigenvalue weighted by Crippen LogP contribution is 2.34. The van der Waals surface area contributed by atoms with Gasteiger partial charge in [-0.3, -0.25) is 9.59 Å². The van der Waals surface area contributed by atoms with Gasteiger partial charge in [-0.05, 0) is 51.5 Å². The number of phenolic OH excluding ortho intramolecular Hbond substituents is 1. The molecule has 168 valence electrons. The number of nitrogens with zero attached hydrogens (tertiary/aromatic N) is 2. The molecule has 0 aliphatic heterocycles. The summed E-state index contributed by atoms with van der Waals surface area (Å²) in [7, 11) is 0. The van der Waals surface area contributed by atoms with E-state index in [0.717, 1.165) is 0 Å². The van der Waals surface area contributed by atoms with Crippen LogP contribution in [-0.2, 0) is 19.1 Å². The molecule has 10 heteroatoms. The van der Waals surface area contributed by atoms with Crippen LogP contribution in [-0.4, -0.2) is 53.8 Å². The molecule has 10 nitrogen and oxygen atoms in total. The summed E-state index contributed by atoms with van der Waals surface area (Å²) in [5.74, 6) is -1.84. The lowest BCUT2D eigenvalue weighted by Gasteiger charge is -2.18. The molecule has 0 radical (unpaired) electrons. The number of anilines is 1. The van der Waals surface area contributed by atoms with Crippen LogP contribution in [0.5, 0.6) is 11.5 Å². The molecule has 31 heavy (non-hydrogen) atoms. The monoisotopic (exact) mass is 433 g/mol. The molecule has 1 atom stereocenters. The standard InChI is InChI=1S/C21H27N3O7/c1-5-24(6-2)20(27)15(12-22)9-14-10-16(23)19(26)17(11-14)31-21(28)30-13(4)8-18(25)29-7-3/h9-11,13,26H,5-8,23H2,1-4H3/b15-9+. The highest BCUT2D eigenvalue weighted by atomic mass is 16.7. The molecule has 1 aromatic carbocycles. The van der Waals surface area contributed by atoms with Gasteiger partial charge in [0, 0.05) is 13.1 Å². The van der Waals surface area contributed by atoms with Crippen LogP contribution in [0.3, 0.4) is 0 Å². The number of hydrogen-bond donors (Lipinski definition) is 2. The summed E-state index contributed by atoms with van der Waals surface area (Å²) in [5.41, 5.74) is 5.73. The SMILES string of the molecule is CCOC(=O)CC(C)OC(=O)Oc1cc(/C=C(\C#N)C(=O)N(CC)CC)cc(N)c1O. The van der Waals surface area contributed by atoms with Crippen LogP contribution in [0.15, 0.2) is 17.7 Å². The molecular weight excluding hydrogens is 406 g/mol. The second-order valence-electron chi connectivity index (χ2n) is 6.39. The van der Waals surface area contributed by atoms with Crippen molar-refractivity contribution in [3.05, 3.63) is 23.3 Å². The van der Waals surface area contributed by atoms with Crippen molar-refractivity contribution in [3.8, 4) is 17.6 Å². The van der Waals surface area contributed by atoms with Crippen LogP contribution in [0.25, 0.3) is 6.08 Å². The van der Waals surface area contributed by atoms with Crippen molar-refractivity contribution >= 4 is 29.8 Å². The first kappa shape index (κ1) is 25.3. The Morgan fingerprint density at radius 3 is 2.45 bits per heavy atom. The molecule has 0 aliphatic carbocycles. The number of amides is 1. The van der Waals surface area contributed by atoms with Gasteiger partial charge >= 0.3 is 12.1 Å². The predicted octanol–water partition coefficient (Wildman–Crippen LogP) is 2.61. The van der Waals surface area contributed by atoms with Gasteiger partial charge in [0.2, 0.25) is 0 Å². The van der Waals surface area contributed by atoms with Gasteiger partial charge in [0.1, 0.15) is 17.7 Å². The first-order valence-corrected chi connectivity index (χ1v) is 9.74. The largest absolute Gasteiger partial charge is 0.514 e. The van der Waals surface area contributed by atoms with E-state index >= 15 is 0 Å². The minimum absolute atomic E-state index is 0.135. The fourth-order valence-corrected chi connectivity index (χ4v) is 2.58. The summed E-state index contributed by atoms with van der Waals surface area (Å²) < 4.78 is 14.7. The number of carbonyl (C=O) groups is 3. The molecule has 1 unspecified atom stereocenters. The maximum atomic E-state index is 12.4. The summed E-state index contributed by atoms with van der Waals surface area (Å²) in [4.78, 5) is 37.3. The van der Waals surface area contributed by atoms with Gasteiger partial charge in [-0.1, -0.05) is 0 Å². The number of nitrogens with two attached hydrogens (primary N) is 1. The maximum Gasteiger partial charge on any atom is 0.514 e. The number of rotatable bonds is 9. The van der Waals surface area contributed by atoms with Crippen LogP contribution in [0.1, 0.15) is 39.7 Å². The number of likely N-dealkylation sites (N-methyl/N-ethyl adjacent to an activating group) is 1. The Kier molecular flexibility index (Phi) is 9.85. The number of benzene rings is 1. The van der Waals surface area contributed by atoms with Gasteiger partial charge in [-0.25, -0.2) is 4.79 Å². The van der Waals surface area contributed by atoms with Gasteiger partial charge in [0.25, 0.3) is 5.91 Å². The summed E-state index contributed by atoms with van der Waals surface area (Å²) in [6, 6.07) is 4.39. The molecule has 0 aliphatic rings. The first-order chi connectivity index (χ1) is 14.7. The zero-order valence-corrected chi connectivity index (χ0v) is 18.0. The van der Waals surface area contributed by atoms with Gasteiger partial charge < -0.3 is 30.0 Å². The van der Waals surface area contributed by atoms with Crippen molar-refractivity contribution in [2.24, 2.45) is 0 Å². The number of aromatic hydroxyl groups is 1. The van der Waals surface area contributed by atoms with E-state index in [1.165, 1.54) is 30.0 Å². The van der Waals surface area contributed by atoms with E-state index in [0.29, 0.717) is 13.1 Å². The van der Waals surface area contributed by atoms with Crippen LogP contribution in [0.2, 0.25) is 0 Å². The molecule has 0 fully saturated rings. The molecule has 0 saturated carbocycles. The third kappa shape index (κ3) is 7.54. The third-order valence-electron chi connectivity index (χ3n) is 4.09. The van der Waals surface area contributed by atoms with Gasteiger partial charge in [-0.2, -0.15) is 5.26 Å². The molecule has 0 heterocycles. The summed E-state index contributed by atoms with van der Waals surface area (Å²) >= 11 is 0. The average molecular weight is 433 g/mol. The molecular formula is C21H27N3O7. The Hall–Kier alpha value is -3.74. The summed E-state index contributed by atoms with van der Waals surface area (Å²) in [5, 5.41) is 19.4. The van der Waals surface area contributed by atoms with Gasteiger partial charge in [-0.15, -0.1) is 0 Å². The Balaban J connectivity index is 3.05. The lowest BCUT2D eigenvalue weighted by molar-refractivity contribution is -0.145. The van der Waals surface area contributed by atoms with E-state index in [1.54, 1.807) is 20.8 Å². The first-order valence-electron chi connectivity index (χ1n) is 9.74. The molecule has 1 amide bonds. The Labute approximate surface area is 180 Å². The summed E-state index contributed by atoms with van der Waals surface area (Å²) in [6.07, 6.45) is -0.894.